The maximum Gasteiger partial charge on any atom is 0.295 e. The average molecular weight is 306 g/mol. The molecule has 0 bridgehead atoms. The number of rotatable bonds is 3. The SMILES string of the molecule is CN(C(=O)C(=O)c1c[nH]c2ccccc12)C1CSSC1. The van der Waals surface area contributed by atoms with E-state index in [1.165, 1.54) is 0 Å². The normalized spacial score (nSPS) is 15.7. The Balaban J connectivity index is 1.86. The third kappa shape index (κ3) is 2.33. The van der Waals surface area contributed by atoms with Gasteiger partial charge >= 0.3 is 0 Å². The van der Waals surface area contributed by atoms with Crippen LogP contribution in [0.15, 0.2) is 30.5 Å². The number of hydrogen-bond acceptors (Lipinski definition) is 4. The Labute approximate surface area is 124 Å². The summed E-state index contributed by atoms with van der Waals surface area (Å²) in [5.74, 6) is 0.900. The molecular weight excluding hydrogens is 292 g/mol. The minimum atomic E-state index is -0.438. The van der Waals surface area contributed by atoms with Crippen molar-refractivity contribution < 1.29 is 9.59 Å². The van der Waals surface area contributed by atoms with Crippen LogP contribution in [0.3, 0.4) is 0 Å². The van der Waals surface area contributed by atoms with Crippen molar-refractivity contribution in [3.8, 4) is 0 Å². The average Bonchev–Trinajstić information content (AvgIpc) is 3.14. The van der Waals surface area contributed by atoms with Crippen molar-refractivity contribution in [3.05, 3.63) is 36.0 Å². The van der Waals surface area contributed by atoms with Gasteiger partial charge in [0.2, 0.25) is 0 Å². The van der Waals surface area contributed by atoms with Crippen LogP contribution >= 0.6 is 21.6 Å². The number of carbonyl (C=O) groups excluding carboxylic acids is 2. The van der Waals surface area contributed by atoms with Gasteiger partial charge in [-0.05, 0) is 6.07 Å². The molecule has 4 nitrogen and oxygen atoms in total. The Hall–Kier alpha value is -1.40. The van der Waals surface area contributed by atoms with Crippen molar-refractivity contribution in [2.45, 2.75) is 6.04 Å². The second-order valence-electron chi connectivity index (χ2n) is 4.72. The first-order chi connectivity index (χ1) is 9.68. The summed E-state index contributed by atoms with van der Waals surface area (Å²) < 4.78 is 0. The molecule has 1 N–H and O–H groups in total. The first-order valence-electron chi connectivity index (χ1n) is 6.30. The number of amides is 1. The lowest BCUT2D eigenvalue weighted by Gasteiger charge is -2.22. The van der Waals surface area contributed by atoms with E-state index in [1.807, 2.05) is 24.3 Å². The Morgan fingerprint density at radius 2 is 1.95 bits per heavy atom. The summed E-state index contributed by atoms with van der Waals surface area (Å²) in [7, 11) is 5.20. The van der Waals surface area contributed by atoms with Crippen LogP contribution in [0, 0.1) is 0 Å². The summed E-state index contributed by atoms with van der Waals surface area (Å²) in [6.07, 6.45) is 1.62. The monoisotopic (exact) mass is 306 g/mol. The number of carbonyl (C=O) groups is 2. The molecule has 1 aromatic heterocycles. The van der Waals surface area contributed by atoms with Gasteiger partial charge < -0.3 is 9.88 Å². The molecule has 0 atom stereocenters. The molecule has 3 rings (SSSR count). The summed E-state index contributed by atoms with van der Waals surface area (Å²) in [5, 5.41) is 0.800. The fourth-order valence-corrected chi connectivity index (χ4v) is 5.08. The summed E-state index contributed by atoms with van der Waals surface area (Å²) in [4.78, 5) is 29.3. The second kappa shape index (κ2) is 5.54. The summed E-state index contributed by atoms with van der Waals surface area (Å²) in [5.41, 5.74) is 1.33. The summed E-state index contributed by atoms with van der Waals surface area (Å²) in [6.45, 7) is 0. The number of hydrogen-bond donors (Lipinski definition) is 1. The van der Waals surface area contributed by atoms with Crippen LogP contribution in [0.2, 0.25) is 0 Å². The topological polar surface area (TPSA) is 53.2 Å². The molecule has 20 heavy (non-hydrogen) atoms. The molecule has 0 saturated carbocycles. The molecule has 1 aliphatic rings. The van der Waals surface area contributed by atoms with Crippen molar-refractivity contribution >= 4 is 44.2 Å². The summed E-state index contributed by atoms with van der Waals surface area (Å²) in [6, 6.07) is 7.66. The number of benzene rings is 1. The van der Waals surface area contributed by atoms with E-state index in [2.05, 4.69) is 4.98 Å². The molecule has 1 fully saturated rings. The van der Waals surface area contributed by atoms with Crippen LogP contribution in [0.1, 0.15) is 10.4 Å². The smallest absolute Gasteiger partial charge is 0.295 e. The highest BCUT2D eigenvalue weighted by molar-refractivity contribution is 8.77. The van der Waals surface area contributed by atoms with Gasteiger partial charge in [0.15, 0.2) is 0 Å². The predicted molar refractivity (Wildman–Crippen MR) is 84.1 cm³/mol. The first kappa shape index (κ1) is 13.6. The standard InChI is InChI=1S/C14H14N2O2S2/c1-16(9-7-19-20-8-9)14(18)13(17)11-6-15-12-5-3-2-4-10(11)12/h2-6,9,15H,7-8H2,1H3. The van der Waals surface area contributed by atoms with Crippen LogP contribution < -0.4 is 0 Å². The fourth-order valence-electron chi connectivity index (χ4n) is 2.23. The van der Waals surface area contributed by atoms with Crippen molar-refractivity contribution in [2.24, 2.45) is 0 Å². The van der Waals surface area contributed by atoms with Gasteiger partial charge in [0.1, 0.15) is 0 Å². The van der Waals surface area contributed by atoms with Crippen molar-refractivity contribution in [1.82, 2.24) is 9.88 Å². The molecule has 0 spiro atoms. The minimum Gasteiger partial charge on any atom is -0.360 e. The third-order valence-electron chi connectivity index (χ3n) is 3.50. The summed E-state index contributed by atoms with van der Waals surface area (Å²) >= 11 is 0. The molecule has 1 saturated heterocycles. The van der Waals surface area contributed by atoms with Crippen molar-refractivity contribution in [1.29, 1.82) is 0 Å². The Morgan fingerprint density at radius 1 is 1.25 bits per heavy atom. The second-order valence-corrected chi connectivity index (χ2v) is 7.27. The zero-order valence-corrected chi connectivity index (χ0v) is 12.6. The number of aromatic nitrogens is 1. The lowest BCUT2D eigenvalue weighted by Crippen LogP contribution is -2.42. The number of fused-ring (bicyclic) bond motifs is 1. The van der Waals surface area contributed by atoms with Gasteiger partial charge in [-0.25, -0.2) is 0 Å². The van der Waals surface area contributed by atoms with E-state index >= 15 is 0 Å². The fraction of sp³-hybridized carbons (Fsp3) is 0.286. The molecule has 0 radical (unpaired) electrons. The van der Waals surface area contributed by atoms with Gasteiger partial charge in [-0.3, -0.25) is 9.59 Å². The van der Waals surface area contributed by atoms with E-state index in [1.54, 1.807) is 39.7 Å². The van der Waals surface area contributed by atoms with Crippen LogP contribution in [-0.4, -0.2) is 46.2 Å². The highest BCUT2D eigenvalue weighted by Gasteiger charge is 2.30. The van der Waals surface area contributed by atoms with E-state index in [-0.39, 0.29) is 6.04 Å². The first-order valence-corrected chi connectivity index (χ1v) is 8.79. The molecule has 2 aromatic rings. The molecule has 6 heteroatoms. The molecule has 0 unspecified atom stereocenters. The highest BCUT2D eigenvalue weighted by atomic mass is 33.1. The van der Waals surface area contributed by atoms with E-state index in [0.717, 1.165) is 22.4 Å². The predicted octanol–water partition coefficient (Wildman–Crippen LogP) is 2.57. The van der Waals surface area contributed by atoms with Gasteiger partial charge in [0, 0.05) is 35.7 Å². The largest absolute Gasteiger partial charge is 0.360 e. The number of nitrogens with one attached hydrogen (secondary N) is 1. The van der Waals surface area contributed by atoms with Crippen molar-refractivity contribution in [3.63, 3.8) is 0 Å². The van der Waals surface area contributed by atoms with E-state index in [9.17, 15) is 9.59 Å². The van der Waals surface area contributed by atoms with Gasteiger partial charge in [-0.2, -0.15) is 0 Å². The highest BCUT2D eigenvalue weighted by Crippen LogP contribution is 2.33. The Kier molecular flexibility index (Phi) is 3.76. The molecule has 1 amide bonds. The van der Waals surface area contributed by atoms with Crippen molar-refractivity contribution in [2.75, 3.05) is 18.6 Å². The number of H-pyrrole nitrogens is 1. The molecule has 1 aromatic carbocycles. The molecular formula is C14H14N2O2S2. The Bertz CT molecular complexity index is 662. The van der Waals surface area contributed by atoms with Gasteiger partial charge in [0.25, 0.3) is 11.7 Å². The van der Waals surface area contributed by atoms with Gasteiger partial charge in [-0.1, -0.05) is 39.8 Å². The third-order valence-corrected chi connectivity index (χ3v) is 6.03. The molecule has 104 valence electrons. The van der Waals surface area contributed by atoms with Crippen LogP contribution in [0.4, 0.5) is 0 Å². The number of ketones is 1. The zero-order valence-electron chi connectivity index (χ0n) is 11.0. The van der Waals surface area contributed by atoms with Crippen LogP contribution in [0.25, 0.3) is 10.9 Å². The number of likely N-dealkylation sites (N-methyl/N-ethyl adjacent to an activating group) is 1. The lowest BCUT2D eigenvalue weighted by molar-refractivity contribution is -0.126. The van der Waals surface area contributed by atoms with Gasteiger partial charge in [0.05, 0.1) is 11.6 Å². The van der Waals surface area contributed by atoms with E-state index in [4.69, 9.17) is 0 Å². The number of aromatic amines is 1. The number of nitrogens with zero attached hydrogens (tertiary/aromatic N) is 1. The number of para-hydroxylation sites is 1. The lowest BCUT2D eigenvalue weighted by atomic mass is 10.1. The number of Topliss-reactive ketones (excluding diaryl/α,β-unsaturated/α-hetero) is 1. The minimum absolute atomic E-state index is 0.145. The van der Waals surface area contributed by atoms with Gasteiger partial charge in [-0.15, -0.1) is 0 Å². The maximum absolute atomic E-state index is 12.4. The Morgan fingerprint density at radius 3 is 2.70 bits per heavy atom. The molecule has 1 aliphatic heterocycles. The van der Waals surface area contributed by atoms with Crippen LogP contribution in [0.5, 0.6) is 0 Å². The maximum atomic E-state index is 12.4. The van der Waals surface area contributed by atoms with Crippen LogP contribution in [-0.2, 0) is 4.79 Å². The quantitative estimate of drug-likeness (QED) is 0.538. The molecule has 2 heterocycles. The molecule has 0 aliphatic carbocycles. The van der Waals surface area contributed by atoms with E-state index in [0.29, 0.717) is 5.56 Å². The zero-order chi connectivity index (χ0) is 14.1. The van der Waals surface area contributed by atoms with E-state index < -0.39 is 11.7 Å².